The van der Waals surface area contributed by atoms with Crippen LogP contribution in [-0.4, -0.2) is 18.5 Å². The third kappa shape index (κ3) is 4.86. The van der Waals surface area contributed by atoms with Crippen LogP contribution in [0.2, 0.25) is 5.02 Å². The molecule has 0 aliphatic heterocycles. The van der Waals surface area contributed by atoms with E-state index in [0.717, 1.165) is 5.56 Å². The van der Waals surface area contributed by atoms with E-state index >= 15 is 0 Å². The van der Waals surface area contributed by atoms with Crippen molar-refractivity contribution in [3.63, 3.8) is 0 Å². The molecule has 1 amide bonds. The highest BCUT2D eigenvalue weighted by atomic mass is 35.5. The number of benzene rings is 2. The van der Waals surface area contributed by atoms with Gasteiger partial charge in [-0.15, -0.1) is 0 Å². The summed E-state index contributed by atoms with van der Waals surface area (Å²) in [5.41, 5.74) is 1.06. The molecule has 2 aromatic carbocycles. The summed E-state index contributed by atoms with van der Waals surface area (Å²) in [6, 6.07) is 11.9. The highest BCUT2D eigenvalue weighted by Crippen LogP contribution is 2.10. The van der Waals surface area contributed by atoms with Gasteiger partial charge in [0.25, 0.3) is 5.91 Å². The first-order valence-corrected chi connectivity index (χ1v) is 6.86. The molecule has 0 aromatic heterocycles. The molecule has 6 heteroatoms. The van der Waals surface area contributed by atoms with Crippen molar-refractivity contribution in [1.82, 2.24) is 5.32 Å². The number of halogens is 2. The highest BCUT2D eigenvalue weighted by molar-refractivity contribution is 6.30. The minimum atomic E-state index is -0.603. The molecule has 2 aromatic rings. The Balaban J connectivity index is 1.76. The molecular formula is C16H13ClFNO3. The zero-order chi connectivity index (χ0) is 15.9. The predicted octanol–water partition coefficient (Wildman–Crippen LogP) is 2.95. The maximum Gasteiger partial charge on any atom is 0.338 e. The van der Waals surface area contributed by atoms with Crippen molar-refractivity contribution in [2.45, 2.75) is 6.54 Å². The van der Waals surface area contributed by atoms with Crippen LogP contribution in [0.25, 0.3) is 0 Å². The smallest absolute Gasteiger partial charge is 0.338 e. The maximum atomic E-state index is 12.7. The SMILES string of the molecule is O=C(COC(=O)c1ccc(Cl)cc1)NCc1ccc(F)cc1. The summed E-state index contributed by atoms with van der Waals surface area (Å²) in [4.78, 5) is 23.3. The Labute approximate surface area is 131 Å². The van der Waals surface area contributed by atoms with Gasteiger partial charge in [-0.1, -0.05) is 23.7 Å². The van der Waals surface area contributed by atoms with Gasteiger partial charge in [-0.25, -0.2) is 9.18 Å². The third-order valence-electron chi connectivity index (χ3n) is 2.82. The molecule has 1 N–H and O–H groups in total. The quantitative estimate of drug-likeness (QED) is 0.861. The van der Waals surface area contributed by atoms with Crippen LogP contribution < -0.4 is 5.32 Å². The highest BCUT2D eigenvalue weighted by Gasteiger charge is 2.09. The molecule has 0 saturated carbocycles. The van der Waals surface area contributed by atoms with Crippen LogP contribution in [0.1, 0.15) is 15.9 Å². The van der Waals surface area contributed by atoms with Crippen LogP contribution in [0.4, 0.5) is 4.39 Å². The van der Waals surface area contributed by atoms with E-state index in [1.807, 2.05) is 0 Å². The minimum Gasteiger partial charge on any atom is -0.452 e. The number of hydrogen-bond acceptors (Lipinski definition) is 3. The van der Waals surface area contributed by atoms with Gasteiger partial charge >= 0.3 is 5.97 Å². The van der Waals surface area contributed by atoms with E-state index in [4.69, 9.17) is 16.3 Å². The molecule has 4 nitrogen and oxygen atoms in total. The molecule has 22 heavy (non-hydrogen) atoms. The van der Waals surface area contributed by atoms with Gasteiger partial charge in [-0.05, 0) is 42.0 Å². The van der Waals surface area contributed by atoms with E-state index in [-0.39, 0.29) is 19.0 Å². The lowest BCUT2D eigenvalue weighted by atomic mass is 10.2. The van der Waals surface area contributed by atoms with Gasteiger partial charge in [0.1, 0.15) is 5.82 Å². The lowest BCUT2D eigenvalue weighted by Gasteiger charge is -2.07. The van der Waals surface area contributed by atoms with Crippen LogP contribution in [0, 0.1) is 5.82 Å². The Hall–Kier alpha value is -2.40. The number of rotatable bonds is 5. The summed E-state index contributed by atoms with van der Waals surface area (Å²) in [7, 11) is 0. The summed E-state index contributed by atoms with van der Waals surface area (Å²) in [5.74, 6) is -1.38. The number of carbonyl (C=O) groups is 2. The van der Waals surface area contributed by atoms with Crippen LogP contribution in [0.5, 0.6) is 0 Å². The van der Waals surface area contributed by atoms with E-state index < -0.39 is 11.9 Å². The average molecular weight is 322 g/mol. The summed E-state index contributed by atoms with van der Waals surface area (Å²) in [5, 5.41) is 3.08. The fourth-order valence-corrected chi connectivity index (χ4v) is 1.78. The normalized spacial score (nSPS) is 10.1. The Morgan fingerprint density at radius 3 is 2.32 bits per heavy atom. The first-order chi connectivity index (χ1) is 10.5. The van der Waals surface area contributed by atoms with E-state index in [0.29, 0.717) is 10.6 Å². The van der Waals surface area contributed by atoms with E-state index in [2.05, 4.69) is 5.32 Å². The molecule has 0 aliphatic carbocycles. The van der Waals surface area contributed by atoms with Crippen LogP contribution in [0.3, 0.4) is 0 Å². The first kappa shape index (κ1) is 16.0. The second-order valence-electron chi connectivity index (χ2n) is 4.49. The van der Waals surface area contributed by atoms with Crippen molar-refractivity contribution in [1.29, 1.82) is 0 Å². The lowest BCUT2D eigenvalue weighted by Crippen LogP contribution is -2.28. The Kier molecular flexibility index (Phi) is 5.49. The van der Waals surface area contributed by atoms with Crippen molar-refractivity contribution in [3.8, 4) is 0 Å². The summed E-state index contributed by atoms with van der Waals surface area (Å²) in [6.07, 6.45) is 0. The number of esters is 1. The van der Waals surface area contributed by atoms with Gasteiger partial charge in [-0.2, -0.15) is 0 Å². The number of ether oxygens (including phenoxy) is 1. The third-order valence-corrected chi connectivity index (χ3v) is 3.07. The standard InChI is InChI=1S/C16H13ClFNO3/c17-13-5-3-12(4-6-13)16(21)22-10-15(20)19-9-11-1-7-14(18)8-2-11/h1-8H,9-10H2,(H,19,20). The summed E-state index contributed by atoms with van der Waals surface area (Å²) in [6.45, 7) is -0.153. The number of amides is 1. The Morgan fingerprint density at radius 2 is 1.68 bits per heavy atom. The molecule has 0 radical (unpaired) electrons. The van der Waals surface area contributed by atoms with E-state index in [1.54, 1.807) is 24.3 Å². The second kappa shape index (κ2) is 7.56. The summed E-state index contributed by atoms with van der Waals surface area (Å²) < 4.78 is 17.6. The Morgan fingerprint density at radius 1 is 1.05 bits per heavy atom. The predicted molar refractivity (Wildman–Crippen MR) is 80.0 cm³/mol. The number of hydrogen-bond donors (Lipinski definition) is 1. The lowest BCUT2D eigenvalue weighted by molar-refractivity contribution is -0.124. The largest absolute Gasteiger partial charge is 0.452 e. The molecular weight excluding hydrogens is 309 g/mol. The van der Waals surface area contributed by atoms with Crippen molar-refractivity contribution in [2.75, 3.05) is 6.61 Å². The Bertz CT molecular complexity index is 656. The second-order valence-corrected chi connectivity index (χ2v) is 4.92. The van der Waals surface area contributed by atoms with Gasteiger partial charge in [0.15, 0.2) is 6.61 Å². The van der Waals surface area contributed by atoms with Crippen molar-refractivity contribution in [3.05, 3.63) is 70.5 Å². The van der Waals surface area contributed by atoms with Crippen molar-refractivity contribution >= 4 is 23.5 Å². The molecule has 0 aliphatic rings. The fourth-order valence-electron chi connectivity index (χ4n) is 1.65. The van der Waals surface area contributed by atoms with Gasteiger partial charge in [-0.3, -0.25) is 4.79 Å². The number of carbonyl (C=O) groups excluding carboxylic acids is 2. The molecule has 0 atom stereocenters. The van der Waals surface area contributed by atoms with Gasteiger partial charge in [0.2, 0.25) is 0 Å². The number of nitrogens with one attached hydrogen (secondary N) is 1. The van der Waals surface area contributed by atoms with Gasteiger partial charge in [0, 0.05) is 11.6 Å². The molecule has 0 spiro atoms. The molecule has 0 unspecified atom stereocenters. The fraction of sp³-hybridized carbons (Fsp3) is 0.125. The van der Waals surface area contributed by atoms with Crippen molar-refractivity contribution in [2.24, 2.45) is 0 Å². The molecule has 114 valence electrons. The first-order valence-electron chi connectivity index (χ1n) is 6.48. The van der Waals surface area contributed by atoms with Gasteiger partial charge in [0.05, 0.1) is 5.56 Å². The van der Waals surface area contributed by atoms with Crippen LogP contribution in [-0.2, 0) is 16.1 Å². The molecule has 0 bridgehead atoms. The molecule has 0 heterocycles. The molecule has 0 fully saturated rings. The molecule has 0 saturated heterocycles. The maximum absolute atomic E-state index is 12.7. The minimum absolute atomic E-state index is 0.234. The van der Waals surface area contributed by atoms with Crippen LogP contribution >= 0.6 is 11.6 Å². The topological polar surface area (TPSA) is 55.4 Å². The zero-order valence-electron chi connectivity index (χ0n) is 11.5. The summed E-state index contributed by atoms with van der Waals surface area (Å²) >= 11 is 5.71. The van der Waals surface area contributed by atoms with Crippen LogP contribution in [0.15, 0.2) is 48.5 Å². The van der Waals surface area contributed by atoms with E-state index in [9.17, 15) is 14.0 Å². The molecule has 2 rings (SSSR count). The average Bonchev–Trinajstić information content (AvgIpc) is 2.52. The van der Waals surface area contributed by atoms with Crippen molar-refractivity contribution < 1.29 is 18.7 Å². The monoisotopic (exact) mass is 321 g/mol. The van der Waals surface area contributed by atoms with Gasteiger partial charge < -0.3 is 10.1 Å². The zero-order valence-corrected chi connectivity index (χ0v) is 12.3. The van der Waals surface area contributed by atoms with E-state index in [1.165, 1.54) is 24.3 Å².